The van der Waals surface area contributed by atoms with Crippen LogP contribution in [0.4, 0.5) is 0 Å². The third-order valence-corrected chi connectivity index (χ3v) is 3.13. The molecule has 5 heteroatoms. The number of amides is 1. The van der Waals surface area contributed by atoms with Gasteiger partial charge in [-0.2, -0.15) is 0 Å². The molecule has 0 aromatic heterocycles. The molecule has 0 radical (unpaired) electrons. The first kappa shape index (κ1) is 18.2. The fraction of sp³-hybridized carbons (Fsp3) is 0.529. The zero-order valence-electron chi connectivity index (χ0n) is 13.7. The van der Waals surface area contributed by atoms with E-state index in [1.807, 2.05) is 33.8 Å². The molecule has 0 saturated heterocycles. The van der Waals surface area contributed by atoms with E-state index in [2.05, 4.69) is 5.32 Å². The Hall–Kier alpha value is -1.88. The van der Waals surface area contributed by atoms with Gasteiger partial charge in [0.05, 0.1) is 6.10 Å². The topological polar surface area (TPSA) is 75.6 Å². The number of carbonyl (C=O) groups is 2. The maximum Gasteiger partial charge on any atom is 0.330 e. The van der Waals surface area contributed by atoms with E-state index in [4.69, 9.17) is 4.74 Å². The van der Waals surface area contributed by atoms with E-state index >= 15 is 0 Å². The lowest BCUT2D eigenvalue weighted by Crippen LogP contribution is -2.33. The Kier molecular flexibility index (Phi) is 7.05. The van der Waals surface area contributed by atoms with Gasteiger partial charge in [-0.3, -0.25) is 4.79 Å². The lowest BCUT2D eigenvalue weighted by atomic mass is 10.0. The summed E-state index contributed by atoms with van der Waals surface area (Å²) in [5, 5.41) is 11.9. The van der Waals surface area contributed by atoms with Crippen LogP contribution < -0.4 is 5.32 Å². The van der Waals surface area contributed by atoms with Crippen molar-refractivity contribution in [2.75, 3.05) is 6.61 Å². The maximum atomic E-state index is 11.9. The van der Waals surface area contributed by atoms with Crippen molar-refractivity contribution < 1.29 is 19.4 Å². The van der Waals surface area contributed by atoms with Gasteiger partial charge in [0.2, 0.25) is 5.91 Å². The van der Waals surface area contributed by atoms with Crippen LogP contribution in [0.5, 0.6) is 0 Å². The largest absolute Gasteiger partial charge is 0.479 e. The van der Waals surface area contributed by atoms with Crippen molar-refractivity contribution in [2.45, 2.75) is 52.7 Å². The molecule has 0 heterocycles. The normalized spacial score (nSPS) is 12.2. The van der Waals surface area contributed by atoms with E-state index in [1.165, 1.54) is 0 Å². The van der Waals surface area contributed by atoms with Gasteiger partial charge in [-0.1, -0.05) is 29.3 Å². The summed E-state index contributed by atoms with van der Waals surface area (Å²) in [7, 11) is 0. The molecule has 1 unspecified atom stereocenters. The van der Waals surface area contributed by atoms with Gasteiger partial charge in [-0.05, 0) is 39.7 Å². The maximum absolute atomic E-state index is 11.9. The summed E-state index contributed by atoms with van der Waals surface area (Å²) in [4.78, 5) is 23.4. The van der Waals surface area contributed by atoms with E-state index < -0.39 is 12.0 Å². The first-order valence-corrected chi connectivity index (χ1v) is 7.51. The number of aliphatic carboxylic acids is 1. The number of benzene rings is 1. The Morgan fingerprint density at radius 3 is 2.27 bits per heavy atom. The first-order chi connectivity index (χ1) is 10.3. The number of rotatable bonds is 8. The lowest BCUT2D eigenvalue weighted by Gasteiger charge is -2.16. The van der Waals surface area contributed by atoms with Crippen molar-refractivity contribution in [3.63, 3.8) is 0 Å². The predicted octanol–water partition coefficient (Wildman–Crippen LogP) is 2.75. The van der Waals surface area contributed by atoms with Gasteiger partial charge in [-0.15, -0.1) is 0 Å². The molecule has 2 N–H and O–H groups in total. The molecule has 122 valence electrons. The Balaban J connectivity index is 2.64. The molecule has 0 spiro atoms. The average Bonchev–Trinajstić information content (AvgIpc) is 2.39. The van der Waals surface area contributed by atoms with Crippen LogP contribution in [0.25, 0.3) is 0 Å². The van der Waals surface area contributed by atoms with Gasteiger partial charge < -0.3 is 15.2 Å². The van der Waals surface area contributed by atoms with Crippen LogP contribution in [0.1, 0.15) is 49.4 Å². The Bertz CT molecular complexity index is 505. The van der Waals surface area contributed by atoms with Gasteiger partial charge in [0.1, 0.15) is 0 Å². The highest BCUT2D eigenvalue weighted by atomic mass is 16.5. The average molecular weight is 307 g/mol. The molecule has 5 nitrogen and oxygen atoms in total. The van der Waals surface area contributed by atoms with Crippen LogP contribution in [0, 0.1) is 13.8 Å². The van der Waals surface area contributed by atoms with Crippen LogP contribution in [0.2, 0.25) is 0 Å². The molecule has 1 atom stereocenters. The molecule has 1 rings (SSSR count). The van der Waals surface area contributed by atoms with Gasteiger partial charge in [0.15, 0.2) is 6.04 Å². The van der Waals surface area contributed by atoms with Crippen molar-refractivity contribution >= 4 is 11.9 Å². The summed E-state index contributed by atoms with van der Waals surface area (Å²) < 4.78 is 5.36. The fourth-order valence-electron chi connectivity index (χ4n) is 2.25. The molecule has 0 bridgehead atoms. The number of aryl methyl sites for hydroxylation is 2. The number of carboxylic acid groups (broad SMARTS) is 1. The Labute approximate surface area is 131 Å². The van der Waals surface area contributed by atoms with Gasteiger partial charge in [0, 0.05) is 13.0 Å². The molecule has 1 aromatic carbocycles. The first-order valence-electron chi connectivity index (χ1n) is 7.51. The monoisotopic (exact) mass is 307 g/mol. The summed E-state index contributed by atoms with van der Waals surface area (Å²) in [6.45, 7) is 8.16. The molecule has 0 aliphatic carbocycles. The second-order valence-electron chi connectivity index (χ2n) is 5.78. The van der Waals surface area contributed by atoms with Gasteiger partial charge in [-0.25, -0.2) is 4.79 Å². The summed E-state index contributed by atoms with van der Waals surface area (Å²) in [6.07, 6.45) is 0.954. The second-order valence-corrected chi connectivity index (χ2v) is 5.78. The standard InChI is InChI=1S/C17H25NO4/c1-11(2)22-7-5-6-15(19)18-16(17(20)21)14-9-12(3)8-13(4)10-14/h8-11,16H,5-7H2,1-4H3,(H,18,19)(H,20,21). The predicted molar refractivity (Wildman–Crippen MR) is 84.8 cm³/mol. The molecule has 0 saturated carbocycles. The van der Waals surface area contributed by atoms with Crippen molar-refractivity contribution in [3.8, 4) is 0 Å². The number of carboxylic acids is 1. The molecule has 22 heavy (non-hydrogen) atoms. The molecular weight excluding hydrogens is 282 g/mol. The van der Waals surface area contributed by atoms with Crippen molar-refractivity contribution in [2.24, 2.45) is 0 Å². The van der Waals surface area contributed by atoms with Crippen LogP contribution >= 0.6 is 0 Å². The number of ether oxygens (including phenoxy) is 1. The van der Waals surface area contributed by atoms with E-state index in [0.29, 0.717) is 18.6 Å². The summed E-state index contributed by atoms with van der Waals surface area (Å²) in [6, 6.07) is 4.52. The van der Waals surface area contributed by atoms with Crippen LogP contribution in [-0.4, -0.2) is 29.7 Å². The highest BCUT2D eigenvalue weighted by molar-refractivity contribution is 5.84. The van der Waals surface area contributed by atoms with Crippen LogP contribution in [0.15, 0.2) is 18.2 Å². The minimum absolute atomic E-state index is 0.130. The molecule has 0 aliphatic rings. The number of nitrogens with one attached hydrogen (secondary N) is 1. The molecule has 1 amide bonds. The van der Waals surface area contributed by atoms with E-state index in [9.17, 15) is 14.7 Å². The highest BCUT2D eigenvalue weighted by Gasteiger charge is 2.22. The quantitative estimate of drug-likeness (QED) is 0.724. The zero-order valence-corrected chi connectivity index (χ0v) is 13.7. The zero-order chi connectivity index (χ0) is 16.7. The van der Waals surface area contributed by atoms with Crippen molar-refractivity contribution in [3.05, 3.63) is 34.9 Å². The SMILES string of the molecule is Cc1cc(C)cc(C(NC(=O)CCCOC(C)C)C(=O)O)c1. The van der Waals surface area contributed by atoms with E-state index in [0.717, 1.165) is 11.1 Å². The fourth-order valence-corrected chi connectivity index (χ4v) is 2.25. The van der Waals surface area contributed by atoms with E-state index in [1.54, 1.807) is 12.1 Å². The van der Waals surface area contributed by atoms with Crippen molar-refractivity contribution in [1.29, 1.82) is 0 Å². The summed E-state index contributed by atoms with van der Waals surface area (Å²) in [5.74, 6) is -1.34. The van der Waals surface area contributed by atoms with Crippen LogP contribution in [-0.2, 0) is 14.3 Å². The Morgan fingerprint density at radius 2 is 1.77 bits per heavy atom. The van der Waals surface area contributed by atoms with Crippen molar-refractivity contribution in [1.82, 2.24) is 5.32 Å². The third kappa shape index (κ3) is 6.26. The Morgan fingerprint density at radius 1 is 1.18 bits per heavy atom. The second kappa shape index (κ2) is 8.54. The molecule has 1 aromatic rings. The third-order valence-electron chi connectivity index (χ3n) is 3.13. The smallest absolute Gasteiger partial charge is 0.330 e. The highest BCUT2D eigenvalue weighted by Crippen LogP contribution is 2.17. The van der Waals surface area contributed by atoms with E-state index in [-0.39, 0.29) is 18.4 Å². The molecule has 0 fully saturated rings. The number of hydrogen-bond donors (Lipinski definition) is 2. The minimum Gasteiger partial charge on any atom is -0.479 e. The van der Waals surface area contributed by atoms with Crippen LogP contribution in [0.3, 0.4) is 0 Å². The molecular formula is C17H25NO4. The number of hydrogen-bond acceptors (Lipinski definition) is 3. The summed E-state index contributed by atoms with van der Waals surface area (Å²) in [5.41, 5.74) is 2.54. The van der Waals surface area contributed by atoms with Gasteiger partial charge in [0.25, 0.3) is 0 Å². The minimum atomic E-state index is -1.06. The number of carbonyl (C=O) groups excluding carboxylic acids is 1. The lowest BCUT2D eigenvalue weighted by molar-refractivity contribution is -0.142. The molecule has 0 aliphatic heterocycles. The van der Waals surface area contributed by atoms with Gasteiger partial charge >= 0.3 is 5.97 Å². The summed E-state index contributed by atoms with van der Waals surface area (Å²) >= 11 is 0.